The zero-order valence-electron chi connectivity index (χ0n) is 14.4. The van der Waals surface area contributed by atoms with E-state index in [4.69, 9.17) is 4.74 Å². The van der Waals surface area contributed by atoms with Gasteiger partial charge in [0.15, 0.2) is 0 Å². The van der Waals surface area contributed by atoms with Gasteiger partial charge in [0.1, 0.15) is 11.5 Å². The fourth-order valence-electron chi connectivity index (χ4n) is 3.24. The van der Waals surface area contributed by atoms with Gasteiger partial charge in [-0.15, -0.1) is 0 Å². The number of ether oxygens (including phenoxy) is 1. The molecular formula is C21H25NO2. The van der Waals surface area contributed by atoms with Crippen molar-refractivity contribution in [3.63, 3.8) is 0 Å². The minimum Gasteiger partial charge on any atom is -0.456 e. The number of fused-ring (bicyclic) bond motifs is 2. The number of hydrogen-bond acceptors (Lipinski definition) is 3. The van der Waals surface area contributed by atoms with Crippen molar-refractivity contribution in [3.8, 4) is 11.5 Å². The van der Waals surface area contributed by atoms with E-state index in [-0.39, 0.29) is 6.61 Å². The van der Waals surface area contributed by atoms with Crippen LogP contribution in [-0.4, -0.2) is 17.7 Å². The summed E-state index contributed by atoms with van der Waals surface area (Å²) in [7, 11) is 0. The summed E-state index contributed by atoms with van der Waals surface area (Å²) >= 11 is 0. The second kappa shape index (κ2) is 7.65. The van der Waals surface area contributed by atoms with Gasteiger partial charge in [-0.1, -0.05) is 56.3 Å². The van der Waals surface area contributed by atoms with E-state index in [2.05, 4.69) is 37.4 Å². The molecule has 1 heterocycles. The Morgan fingerprint density at radius 3 is 2.62 bits per heavy atom. The molecule has 1 atom stereocenters. The largest absolute Gasteiger partial charge is 0.456 e. The fourth-order valence-corrected chi connectivity index (χ4v) is 3.24. The Hall–Kier alpha value is -2.10. The van der Waals surface area contributed by atoms with Crippen molar-refractivity contribution >= 4 is 5.57 Å². The topological polar surface area (TPSA) is 41.5 Å². The van der Waals surface area contributed by atoms with Gasteiger partial charge in [0.25, 0.3) is 0 Å². The molecule has 0 spiro atoms. The first-order chi connectivity index (χ1) is 11.8. The normalized spacial score (nSPS) is 15.5. The van der Waals surface area contributed by atoms with Gasteiger partial charge in [-0.25, -0.2) is 0 Å². The van der Waals surface area contributed by atoms with E-state index in [0.717, 1.165) is 47.6 Å². The van der Waals surface area contributed by atoms with Crippen LogP contribution < -0.4 is 10.1 Å². The van der Waals surface area contributed by atoms with Crippen LogP contribution in [0.4, 0.5) is 0 Å². The minimum atomic E-state index is -0.0202. The quantitative estimate of drug-likeness (QED) is 0.702. The van der Waals surface area contributed by atoms with E-state index >= 15 is 0 Å². The first-order valence-electron chi connectivity index (χ1n) is 8.72. The second-order valence-electron chi connectivity index (χ2n) is 6.07. The van der Waals surface area contributed by atoms with E-state index in [0.29, 0.717) is 6.04 Å². The van der Waals surface area contributed by atoms with Gasteiger partial charge in [-0.3, -0.25) is 0 Å². The lowest BCUT2D eigenvalue weighted by atomic mass is 9.91. The van der Waals surface area contributed by atoms with Crippen molar-refractivity contribution in [2.75, 3.05) is 6.54 Å². The molecule has 2 aromatic carbocycles. The number of nitrogens with one attached hydrogen (secondary N) is 1. The van der Waals surface area contributed by atoms with Crippen LogP contribution in [0, 0.1) is 0 Å². The van der Waals surface area contributed by atoms with E-state index in [9.17, 15) is 5.11 Å². The van der Waals surface area contributed by atoms with Crippen LogP contribution in [0.3, 0.4) is 0 Å². The summed E-state index contributed by atoms with van der Waals surface area (Å²) in [4.78, 5) is 0. The molecule has 0 bridgehead atoms. The Morgan fingerprint density at radius 1 is 1.08 bits per heavy atom. The molecule has 1 unspecified atom stereocenters. The van der Waals surface area contributed by atoms with Crippen LogP contribution >= 0.6 is 0 Å². The lowest BCUT2D eigenvalue weighted by Gasteiger charge is -2.25. The lowest BCUT2D eigenvalue weighted by Crippen LogP contribution is -2.27. The highest BCUT2D eigenvalue weighted by molar-refractivity contribution is 5.88. The number of benzene rings is 2. The van der Waals surface area contributed by atoms with Crippen molar-refractivity contribution in [3.05, 3.63) is 65.2 Å². The average Bonchev–Trinajstić information content (AvgIpc) is 2.63. The molecule has 2 aromatic rings. The van der Waals surface area contributed by atoms with E-state index < -0.39 is 0 Å². The highest BCUT2D eigenvalue weighted by Crippen LogP contribution is 2.45. The van der Waals surface area contributed by atoms with Gasteiger partial charge in [0.2, 0.25) is 0 Å². The summed E-state index contributed by atoms with van der Waals surface area (Å²) < 4.78 is 6.09. The molecular weight excluding hydrogens is 298 g/mol. The standard InChI is InChI=1S/C21H25NO2/c1-3-16(22-4-2)12-13-17-18-9-5-6-11-20(18)24-21-15(14-23)8-7-10-19(17)21/h5-11,13,16,22-23H,3-4,12,14H2,1-2H3/b17-13+. The molecule has 0 aliphatic carbocycles. The molecule has 3 nitrogen and oxygen atoms in total. The highest BCUT2D eigenvalue weighted by atomic mass is 16.5. The summed E-state index contributed by atoms with van der Waals surface area (Å²) in [6.07, 6.45) is 4.37. The van der Waals surface area contributed by atoms with Crippen LogP contribution in [0.1, 0.15) is 43.4 Å². The molecule has 2 N–H and O–H groups in total. The zero-order chi connectivity index (χ0) is 16.9. The second-order valence-corrected chi connectivity index (χ2v) is 6.07. The predicted octanol–water partition coefficient (Wildman–Crippen LogP) is 4.49. The van der Waals surface area contributed by atoms with E-state index in [1.807, 2.05) is 30.3 Å². The highest BCUT2D eigenvalue weighted by Gasteiger charge is 2.23. The molecule has 1 aliphatic heterocycles. The summed E-state index contributed by atoms with van der Waals surface area (Å²) in [5.41, 5.74) is 4.20. The Balaban J connectivity index is 2.05. The minimum absolute atomic E-state index is 0.0202. The molecule has 3 heteroatoms. The summed E-state index contributed by atoms with van der Waals surface area (Å²) in [6, 6.07) is 14.6. The van der Waals surface area contributed by atoms with Crippen molar-refractivity contribution in [1.29, 1.82) is 0 Å². The van der Waals surface area contributed by atoms with Gasteiger partial charge >= 0.3 is 0 Å². The summed E-state index contributed by atoms with van der Waals surface area (Å²) in [5.74, 6) is 1.63. The van der Waals surface area contributed by atoms with Gasteiger partial charge in [-0.2, -0.15) is 0 Å². The van der Waals surface area contributed by atoms with Crippen LogP contribution in [0.15, 0.2) is 48.5 Å². The maximum Gasteiger partial charge on any atom is 0.140 e. The van der Waals surface area contributed by atoms with Gasteiger partial charge in [0.05, 0.1) is 6.61 Å². The Morgan fingerprint density at radius 2 is 1.88 bits per heavy atom. The van der Waals surface area contributed by atoms with Crippen LogP contribution in [0.25, 0.3) is 5.57 Å². The Kier molecular flexibility index (Phi) is 5.34. The summed E-state index contributed by atoms with van der Waals surface area (Å²) in [6.45, 7) is 5.31. The Labute approximate surface area is 144 Å². The molecule has 0 radical (unpaired) electrons. The van der Waals surface area contributed by atoms with Crippen LogP contribution in [0.5, 0.6) is 11.5 Å². The third kappa shape index (κ3) is 3.23. The first kappa shape index (κ1) is 16.7. The predicted molar refractivity (Wildman–Crippen MR) is 98.3 cm³/mol. The first-order valence-corrected chi connectivity index (χ1v) is 8.72. The number of para-hydroxylation sites is 2. The third-order valence-corrected chi connectivity index (χ3v) is 4.54. The molecule has 0 aromatic heterocycles. The van der Waals surface area contributed by atoms with Crippen LogP contribution in [-0.2, 0) is 6.61 Å². The number of aliphatic hydroxyl groups excluding tert-OH is 1. The molecule has 0 saturated carbocycles. The van der Waals surface area contributed by atoms with Crippen molar-refractivity contribution in [2.45, 2.75) is 39.3 Å². The summed E-state index contributed by atoms with van der Waals surface area (Å²) in [5, 5.41) is 13.2. The van der Waals surface area contributed by atoms with Crippen LogP contribution in [0.2, 0.25) is 0 Å². The van der Waals surface area contributed by atoms with Crippen molar-refractivity contribution < 1.29 is 9.84 Å². The lowest BCUT2D eigenvalue weighted by molar-refractivity contribution is 0.276. The molecule has 24 heavy (non-hydrogen) atoms. The smallest absolute Gasteiger partial charge is 0.140 e. The SMILES string of the molecule is CCNC(CC)C/C=C1\c2ccccc2Oc2c(CO)cccc21. The molecule has 1 aliphatic rings. The van der Waals surface area contributed by atoms with Gasteiger partial charge in [-0.05, 0) is 31.0 Å². The zero-order valence-corrected chi connectivity index (χ0v) is 14.4. The number of rotatable bonds is 6. The molecule has 126 valence electrons. The monoisotopic (exact) mass is 323 g/mol. The Bertz CT molecular complexity index is 736. The van der Waals surface area contributed by atoms with E-state index in [1.54, 1.807) is 0 Å². The van der Waals surface area contributed by atoms with Gasteiger partial charge in [0, 0.05) is 22.7 Å². The molecule has 0 fully saturated rings. The molecule has 3 rings (SSSR count). The maximum absolute atomic E-state index is 9.64. The average molecular weight is 323 g/mol. The molecule has 0 amide bonds. The van der Waals surface area contributed by atoms with Crippen molar-refractivity contribution in [2.24, 2.45) is 0 Å². The molecule has 0 saturated heterocycles. The third-order valence-electron chi connectivity index (χ3n) is 4.54. The van der Waals surface area contributed by atoms with E-state index in [1.165, 1.54) is 5.57 Å². The number of hydrogen-bond donors (Lipinski definition) is 2. The fraction of sp³-hybridized carbons (Fsp3) is 0.333. The number of aliphatic hydroxyl groups is 1. The van der Waals surface area contributed by atoms with Gasteiger partial charge < -0.3 is 15.2 Å². The maximum atomic E-state index is 9.64. The van der Waals surface area contributed by atoms with Crippen molar-refractivity contribution in [1.82, 2.24) is 5.32 Å².